The van der Waals surface area contributed by atoms with Gasteiger partial charge in [-0.1, -0.05) is 13.8 Å². The van der Waals surface area contributed by atoms with E-state index in [1.165, 1.54) is 25.9 Å². The van der Waals surface area contributed by atoms with Crippen LogP contribution < -0.4 is 9.47 Å². The van der Waals surface area contributed by atoms with Crippen molar-refractivity contribution in [3.05, 3.63) is 47.5 Å². The highest BCUT2D eigenvalue weighted by Crippen LogP contribution is 2.40. The number of ketones is 1. The molecule has 0 unspecified atom stereocenters. The van der Waals surface area contributed by atoms with Gasteiger partial charge in [-0.25, -0.2) is 0 Å². The third-order valence-corrected chi connectivity index (χ3v) is 8.51. The third-order valence-electron chi connectivity index (χ3n) is 8.51. The molecule has 0 atom stereocenters. The van der Waals surface area contributed by atoms with Crippen molar-refractivity contribution in [2.75, 3.05) is 65.6 Å². The fourth-order valence-corrected chi connectivity index (χ4v) is 5.82. The van der Waals surface area contributed by atoms with Gasteiger partial charge in [0, 0.05) is 11.1 Å². The second-order valence-corrected chi connectivity index (χ2v) is 10.3. The quantitative estimate of drug-likeness (QED) is 0.222. The summed E-state index contributed by atoms with van der Waals surface area (Å²) in [5.74, 6) is 1.61. The lowest BCUT2D eigenvalue weighted by Gasteiger charge is -2.36. The van der Waals surface area contributed by atoms with E-state index in [1.807, 2.05) is 36.4 Å². The first-order valence-corrected chi connectivity index (χ1v) is 14.2. The minimum atomic E-state index is 0.0624. The van der Waals surface area contributed by atoms with Crippen LogP contribution in [0.1, 0.15) is 70.3 Å². The first-order valence-electron chi connectivity index (χ1n) is 14.2. The fraction of sp³-hybridized carbons (Fsp3) is 0.581. The zero-order valence-corrected chi connectivity index (χ0v) is 23.6. The molecule has 5 heteroatoms. The molecular weight excluding hydrogens is 448 g/mol. The molecule has 0 aromatic heterocycles. The third kappa shape index (κ3) is 6.12. The van der Waals surface area contributed by atoms with Crippen molar-refractivity contribution >= 4 is 5.78 Å². The molecule has 2 aromatic rings. The number of rotatable bonds is 16. The Morgan fingerprint density at radius 2 is 0.944 bits per heavy atom. The number of hydrogen-bond donors (Lipinski definition) is 0. The number of ether oxygens (including phenoxy) is 2. The second-order valence-electron chi connectivity index (χ2n) is 10.3. The van der Waals surface area contributed by atoms with Crippen LogP contribution in [0.15, 0.2) is 36.4 Å². The van der Waals surface area contributed by atoms with Gasteiger partial charge in [0.05, 0.1) is 39.3 Å². The highest BCUT2D eigenvalue weighted by molar-refractivity contribution is 6.22. The van der Waals surface area contributed by atoms with Crippen molar-refractivity contribution in [1.29, 1.82) is 0 Å². The van der Waals surface area contributed by atoms with Gasteiger partial charge in [-0.05, 0) is 88.1 Å². The van der Waals surface area contributed by atoms with Gasteiger partial charge in [-0.3, -0.25) is 4.79 Å². The van der Waals surface area contributed by atoms with Gasteiger partial charge in [-0.2, -0.15) is 0 Å². The maximum atomic E-state index is 13.3. The van der Waals surface area contributed by atoms with Gasteiger partial charge < -0.3 is 18.4 Å². The van der Waals surface area contributed by atoms with E-state index in [1.54, 1.807) is 0 Å². The molecule has 0 heterocycles. The van der Waals surface area contributed by atoms with E-state index < -0.39 is 0 Å². The molecule has 0 saturated heterocycles. The molecule has 1 aliphatic rings. The monoisotopic (exact) mass is 496 g/mol. The normalized spacial score (nSPS) is 13.0. The Morgan fingerprint density at radius 3 is 1.28 bits per heavy atom. The van der Waals surface area contributed by atoms with Gasteiger partial charge in [0.2, 0.25) is 0 Å². The lowest BCUT2D eigenvalue weighted by Crippen LogP contribution is -2.50. The maximum absolute atomic E-state index is 13.3. The minimum Gasteiger partial charge on any atom is -0.488 e. The summed E-state index contributed by atoms with van der Waals surface area (Å²) >= 11 is 0. The van der Waals surface area contributed by atoms with Crippen LogP contribution in [0.3, 0.4) is 0 Å². The van der Waals surface area contributed by atoms with E-state index in [0.29, 0.717) is 13.2 Å². The second kappa shape index (κ2) is 12.7. The molecule has 0 bridgehead atoms. The van der Waals surface area contributed by atoms with Crippen LogP contribution in [0.4, 0.5) is 0 Å². The van der Waals surface area contributed by atoms with Crippen LogP contribution in [-0.2, 0) is 0 Å². The smallest absolute Gasteiger partial charge is 0.194 e. The predicted octanol–water partition coefficient (Wildman–Crippen LogP) is 6.19. The lowest BCUT2D eigenvalue weighted by molar-refractivity contribution is -0.924. The van der Waals surface area contributed by atoms with Crippen molar-refractivity contribution in [3.8, 4) is 22.6 Å². The van der Waals surface area contributed by atoms with Gasteiger partial charge >= 0.3 is 0 Å². The summed E-state index contributed by atoms with van der Waals surface area (Å²) in [5.41, 5.74) is 3.44. The number of nitrogens with zero attached hydrogens (tertiary/aromatic N) is 2. The molecule has 0 amide bonds. The van der Waals surface area contributed by atoms with E-state index in [-0.39, 0.29) is 5.78 Å². The van der Waals surface area contributed by atoms with Crippen LogP contribution in [-0.4, -0.2) is 80.3 Å². The number of quaternary nitrogens is 2. The van der Waals surface area contributed by atoms with Crippen LogP contribution >= 0.6 is 0 Å². The average Bonchev–Trinajstić information content (AvgIpc) is 3.18. The Balaban J connectivity index is 1.66. The molecule has 0 saturated carbocycles. The van der Waals surface area contributed by atoms with Crippen LogP contribution in [0.25, 0.3) is 11.1 Å². The highest BCUT2D eigenvalue weighted by Gasteiger charge is 2.28. The van der Waals surface area contributed by atoms with E-state index >= 15 is 0 Å². The van der Waals surface area contributed by atoms with E-state index in [0.717, 1.165) is 82.0 Å². The van der Waals surface area contributed by atoms with Crippen LogP contribution in [0.2, 0.25) is 0 Å². The molecule has 0 N–H and O–H groups in total. The standard InChI is InChI=1S/C31H48N2O3/c1-7-17-32(9-3,10-4)19-21-35-25-13-15-27-28-16-14-26(24-30(28)31(34)29(27)23-25)36-22-20-33(11-5,12-6)18-8-2/h13-16,23-24H,7-12,17-22H2,1-6H3/q+2. The summed E-state index contributed by atoms with van der Waals surface area (Å²) in [6, 6.07) is 11.9. The summed E-state index contributed by atoms with van der Waals surface area (Å²) in [7, 11) is 0. The van der Waals surface area contributed by atoms with Crippen molar-refractivity contribution in [2.45, 2.75) is 54.4 Å². The summed E-state index contributed by atoms with van der Waals surface area (Å²) in [5, 5.41) is 0. The summed E-state index contributed by atoms with van der Waals surface area (Å²) < 4.78 is 14.4. The highest BCUT2D eigenvalue weighted by atomic mass is 16.5. The molecule has 2 aromatic carbocycles. The number of fused-ring (bicyclic) bond motifs is 3. The maximum Gasteiger partial charge on any atom is 0.194 e. The van der Waals surface area contributed by atoms with Crippen LogP contribution in [0.5, 0.6) is 11.5 Å². The summed E-state index contributed by atoms with van der Waals surface area (Å²) in [4.78, 5) is 13.3. The Labute approximate surface area is 219 Å². The fourth-order valence-electron chi connectivity index (χ4n) is 5.82. The Kier molecular flexibility index (Phi) is 9.98. The van der Waals surface area contributed by atoms with Crippen LogP contribution in [0, 0.1) is 0 Å². The topological polar surface area (TPSA) is 35.5 Å². The number of carbonyl (C=O) groups excluding carboxylic acids is 1. The molecule has 0 spiro atoms. The number of likely N-dealkylation sites (N-methyl/N-ethyl adjacent to an activating group) is 2. The number of carbonyl (C=O) groups is 1. The van der Waals surface area contributed by atoms with Gasteiger partial charge in [0.1, 0.15) is 37.8 Å². The Bertz CT molecular complexity index is 929. The van der Waals surface area contributed by atoms with Crippen molar-refractivity contribution in [2.24, 2.45) is 0 Å². The zero-order valence-electron chi connectivity index (χ0n) is 23.6. The van der Waals surface area contributed by atoms with E-state index in [9.17, 15) is 4.79 Å². The first kappa shape index (κ1) is 28.2. The summed E-state index contributed by atoms with van der Waals surface area (Å²) in [6.45, 7) is 23.6. The molecule has 0 aliphatic heterocycles. The minimum absolute atomic E-state index is 0.0624. The molecule has 0 fully saturated rings. The lowest BCUT2D eigenvalue weighted by atomic mass is 10.1. The number of benzene rings is 2. The molecule has 3 rings (SSSR count). The first-order chi connectivity index (χ1) is 17.4. The summed E-state index contributed by atoms with van der Waals surface area (Å²) in [6.07, 6.45) is 2.35. The zero-order chi connectivity index (χ0) is 26.2. The predicted molar refractivity (Wildman–Crippen MR) is 149 cm³/mol. The Hall–Kier alpha value is -2.37. The molecule has 36 heavy (non-hydrogen) atoms. The average molecular weight is 497 g/mol. The molecule has 5 nitrogen and oxygen atoms in total. The number of hydrogen-bond acceptors (Lipinski definition) is 3. The van der Waals surface area contributed by atoms with Crippen molar-refractivity contribution < 1.29 is 23.2 Å². The molecule has 0 radical (unpaired) electrons. The van der Waals surface area contributed by atoms with Gasteiger partial charge in [-0.15, -0.1) is 0 Å². The van der Waals surface area contributed by atoms with E-state index in [4.69, 9.17) is 9.47 Å². The SMILES string of the molecule is CCC[N+](CC)(CC)CCOc1ccc2c(c1)C(=O)c1cc(OCC[N+](CC)(CC)CCC)ccc1-2. The molecular formula is C31H48N2O3+2. The van der Waals surface area contributed by atoms with Crippen molar-refractivity contribution in [3.63, 3.8) is 0 Å². The van der Waals surface area contributed by atoms with Gasteiger partial charge in [0.25, 0.3) is 0 Å². The van der Waals surface area contributed by atoms with E-state index in [2.05, 4.69) is 41.5 Å². The molecule has 198 valence electrons. The van der Waals surface area contributed by atoms with Gasteiger partial charge in [0.15, 0.2) is 5.78 Å². The largest absolute Gasteiger partial charge is 0.488 e. The Morgan fingerprint density at radius 1 is 0.556 bits per heavy atom. The van der Waals surface area contributed by atoms with Crippen molar-refractivity contribution in [1.82, 2.24) is 0 Å². The molecule has 1 aliphatic carbocycles.